The Labute approximate surface area is 119 Å². The predicted octanol–water partition coefficient (Wildman–Crippen LogP) is 4.14. The first-order valence-electron chi connectivity index (χ1n) is 6.80. The average Bonchev–Trinajstić information content (AvgIpc) is 2.46. The van der Waals surface area contributed by atoms with Gasteiger partial charge in [-0.1, -0.05) is 31.5 Å². The van der Waals surface area contributed by atoms with Crippen molar-refractivity contribution in [1.29, 1.82) is 0 Å². The number of hydrogen-bond donors (Lipinski definition) is 1. The Hall–Kier alpha value is -2.11. The third-order valence-corrected chi connectivity index (χ3v) is 3.46. The summed E-state index contributed by atoms with van der Waals surface area (Å²) in [6, 6.07) is 7.16. The average molecular weight is 293 g/mol. The number of para-hydroxylation sites is 1. The Morgan fingerprint density at radius 3 is 2.71 bits per heavy atom. The van der Waals surface area contributed by atoms with E-state index in [9.17, 15) is 13.2 Å². The van der Waals surface area contributed by atoms with E-state index in [2.05, 4.69) is 15.3 Å². The lowest BCUT2D eigenvalue weighted by atomic mass is 10.0. The van der Waals surface area contributed by atoms with Crippen molar-refractivity contribution in [2.24, 2.45) is 4.99 Å². The van der Waals surface area contributed by atoms with Crippen LogP contribution >= 0.6 is 0 Å². The molecule has 6 heteroatoms. The lowest BCUT2D eigenvalue weighted by molar-refractivity contribution is -0.0585. The largest absolute Gasteiger partial charge is 0.433 e. The summed E-state index contributed by atoms with van der Waals surface area (Å²) in [6.45, 7) is 1.92. The molecule has 1 aliphatic rings. The van der Waals surface area contributed by atoms with Gasteiger partial charge >= 0.3 is 6.18 Å². The predicted molar refractivity (Wildman–Crippen MR) is 76.7 cm³/mol. The van der Waals surface area contributed by atoms with Crippen LogP contribution in [0.4, 0.5) is 18.9 Å². The van der Waals surface area contributed by atoms with Gasteiger partial charge in [0.25, 0.3) is 0 Å². The van der Waals surface area contributed by atoms with E-state index in [1.807, 2.05) is 13.0 Å². The molecule has 0 saturated heterocycles. The molecule has 2 heterocycles. The normalized spacial score (nSPS) is 18.1. The van der Waals surface area contributed by atoms with E-state index < -0.39 is 18.1 Å². The molecular formula is C15H14F3N3. The molecule has 1 aromatic heterocycles. The lowest BCUT2D eigenvalue weighted by Gasteiger charge is -2.27. The van der Waals surface area contributed by atoms with E-state index in [-0.39, 0.29) is 5.56 Å². The third kappa shape index (κ3) is 2.46. The zero-order valence-electron chi connectivity index (χ0n) is 11.4. The fourth-order valence-electron chi connectivity index (χ4n) is 2.54. The Bertz CT molecular complexity index is 707. The maximum Gasteiger partial charge on any atom is 0.433 e. The van der Waals surface area contributed by atoms with Crippen molar-refractivity contribution in [3.05, 3.63) is 36.0 Å². The Kier molecular flexibility index (Phi) is 3.31. The second kappa shape index (κ2) is 5.02. The van der Waals surface area contributed by atoms with E-state index in [1.165, 1.54) is 6.20 Å². The monoisotopic (exact) mass is 293 g/mol. The fourth-order valence-corrected chi connectivity index (χ4v) is 2.54. The van der Waals surface area contributed by atoms with Crippen LogP contribution in [0, 0.1) is 0 Å². The van der Waals surface area contributed by atoms with E-state index >= 15 is 0 Å². The van der Waals surface area contributed by atoms with Gasteiger partial charge in [-0.2, -0.15) is 13.2 Å². The quantitative estimate of drug-likeness (QED) is 0.903. The minimum absolute atomic E-state index is 0.0218. The molecule has 0 bridgehead atoms. The molecule has 110 valence electrons. The highest BCUT2D eigenvalue weighted by molar-refractivity contribution is 6.14. The minimum Gasteiger partial charge on any atom is -0.363 e. The molecule has 1 atom stereocenters. The van der Waals surface area contributed by atoms with Crippen molar-refractivity contribution in [2.75, 3.05) is 5.32 Å². The van der Waals surface area contributed by atoms with Gasteiger partial charge in [0, 0.05) is 17.1 Å². The first kappa shape index (κ1) is 13.9. The summed E-state index contributed by atoms with van der Waals surface area (Å²) in [7, 11) is 0. The van der Waals surface area contributed by atoms with Crippen molar-refractivity contribution >= 4 is 22.3 Å². The molecular weight excluding hydrogens is 279 g/mol. The lowest BCUT2D eigenvalue weighted by Crippen LogP contribution is -2.34. The van der Waals surface area contributed by atoms with Crippen LogP contribution in [0.2, 0.25) is 0 Å². The number of anilines is 1. The SMILES string of the molecule is CCCC1N=C(C(F)(F)F)c2cnc3ccccc3c2N1. The van der Waals surface area contributed by atoms with Crippen LogP contribution in [0.3, 0.4) is 0 Å². The molecule has 0 fully saturated rings. The smallest absolute Gasteiger partial charge is 0.363 e. The van der Waals surface area contributed by atoms with Crippen LogP contribution in [0.15, 0.2) is 35.5 Å². The first-order valence-corrected chi connectivity index (χ1v) is 6.80. The van der Waals surface area contributed by atoms with E-state index in [0.29, 0.717) is 23.0 Å². The fraction of sp³-hybridized carbons (Fsp3) is 0.333. The van der Waals surface area contributed by atoms with Gasteiger partial charge in [-0.15, -0.1) is 0 Å². The molecule has 1 unspecified atom stereocenters. The van der Waals surface area contributed by atoms with Crippen LogP contribution in [0.1, 0.15) is 25.3 Å². The summed E-state index contributed by atoms with van der Waals surface area (Å²) in [5, 5.41) is 3.80. The zero-order valence-corrected chi connectivity index (χ0v) is 11.4. The van der Waals surface area contributed by atoms with Crippen LogP contribution in [-0.4, -0.2) is 23.0 Å². The van der Waals surface area contributed by atoms with Crippen molar-refractivity contribution in [3.63, 3.8) is 0 Å². The van der Waals surface area contributed by atoms with Gasteiger partial charge in [-0.05, 0) is 12.5 Å². The summed E-state index contributed by atoms with van der Waals surface area (Å²) in [6.07, 6.45) is -2.48. The van der Waals surface area contributed by atoms with Crippen LogP contribution < -0.4 is 5.32 Å². The summed E-state index contributed by atoms with van der Waals surface area (Å²) >= 11 is 0. The van der Waals surface area contributed by atoms with Crippen molar-refractivity contribution in [2.45, 2.75) is 32.1 Å². The zero-order chi connectivity index (χ0) is 15.0. The number of hydrogen-bond acceptors (Lipinski definition) is 3. The summed E-state index contributed by atoms with van der Waals surface area (Å²) in [5.41, 5.74) is 0.324. The third-order valence-electron chi connectivity index (χ3n) is 3.46. The molecule has 0 saturated carbocycles. The second-order valence-electron chi connectivity index (χ2n) is 4.99. The minimum atomic E-state index is -4.48. The maximum absolute atomic E-state index is 13.2. The van der Waals surface area contributed by atoms with Gasteiger partial charge in [-0.3, -0.25) is 9.98 Å². The summed E-state index contributed by atoms with van der Waals surface area (Å²) in [5.74, 6) is 0. The number of rotatable bonds is 2. The Morgan fingerprint density at radius 1 is 1.24 bits per heavy atom. The molecule has 1 aliphatic heterocycles. The highest BCUT2D eigenvalue weighted by Crippen LogP contribution is 2.35. The highest BCUT2D eigenvalue weighted by atomic mass is 19.4. The molecule has 3 nitrogen and oxygen atoms in total. The summed E-state index contributed by atoms with van der Waals surface area (Å²) < 4.78 is 39.7. The molecule has 2 aromatic rings. The van der Waals surface area contributed by atoms with E-state index in [1.54, 1.807) is 18.2 Å². The molecule has 1 N–H and O–H groups in total. The number of benzene rings is 1. The van der Waals surface area contributed by atoms with Crippen molar-refractivity contribution in [3.8, 4) is 0 Å². The van der Waals surface area contributed by atoms with Gasteiger partial charge in [0.2, 0.25) is 0 Å². The maximum atomic E-state index is 13.2. The van der Waals surface area contributed by atoms with Crippen LogP contribution in [0.5, 0.6) is 0 Å². The van der Waals surface area contributed by atoms with E-state index in [4.69, 9.17) is 0 Å². The molecule has 0 radical (unpaired) electrons. The van der Waals surface area contributed by atoms with Crippen LogP contribution in [-0.2, 0) is 0 Å². The number of alkyl halides is 3. The number of halogens is 3. The van der Waals surface area contributed by atoms with Crippen LogP contribution in [0.25, 0.3) is 10.9 Å². The molecule has 1 aromatic carbocycles. The molecule has 0 aliphatic carbocycles. The van der Waals surface area contributed by atoms with Gasteiger partial charge < -0.3 is 5.32 Å². The second-order valence-corrected chi connectivity index (χ2v) is 4.99. The number of nitrogens with one attached hydrogen (secondary N) is 1. The molecule has 0 amide bonds. The Morgan fingerprint density at radius 2 is 2.00 bits per heavy atom. The van der Waals surface area contributed by atoms with Gasteiger partial charge in [0.15, 0.2) is 5.71 Å². The Balaban J connectivity index is 2.22. The number of aliphatic imine (C=N–C) groups is 1. The topological polar surface area (TPSA) is 37.3 Å². The van der Waals surface area contributed by atoms with Crippen molar-refractivity contribution < 1.29 is 13.2 Å². The molecule has 0 spiro atoms. The first-order chi connectivity index (χ1) is 10.0. The number of fused-ring (bicyclic) bond motifs is 3. The number of aromatic nitrogens is 1. The number of nitrogens with zero attached hydrogens (tertiary/aromatic N) is 2. The summed E-state index contributed by atoms with van der Waals surface area (Å²) in [4.78, 5) is 7.94. The molecule has 3 rings (SSSR count). The van der Waals surface area contributed by atoms with E-state index in [0.717, 1.165) is 6.42 Å². The van der Waals surface area contributed by atoms with Gasteiger partial charge in [-0.25, -0.2) is 0 Å². The van der Waals surface area contributed by atoms with Gasteiger partial charge in [0.05, 0.1) is 11.2 Å². The number of pyridine rings is 1. The standard InChI is InChI=1S/C15H14F3N3/c1-2-5-12-20-13-9-6-3-4-7-11(9)19-8-10(13)14(21-12)15(16,17)18/h3-4,6-8,12,20H,2,5H2,1H3. The highest BCUT2D eigenvalue weighted by Gasteiger charge is 2.41. The van der Waals surface area contributed by atoms with Crippen molar-refractivity contribution in [1.82, 2.24) is 4.98 Å². The molecule has 21 heavy (non-hydrogen) atoms. The van der Waals surface area contributed by atoms with Gasteiger partial charge in [0.1, 0.15) is 6.17 Å².